The number of anilines is 2. The molecule has 1 fully saturated rings. The van der Waals surface area contributed by atoms with Gasteiger partial charge in [-0.15, -0.1) is 11.3 Å². The summed E-state index contributed by atoms with van der Waals surface area (Å²) in [7, 11) is 0. The van der Waals surface area contributed by atoms with Crippen molar-refractivity contribution in [1.29, 1.82) is 0 Å². The minimum absolute atomic E-state index is 0.0199. The summed E-state index contributed by atoms with van der Waals surface area (Å²) in [5.74, 6) is -0.541. The number of hydrogen-bond donors (Lipinski definition) is 3. The summed E-state index contributed by atoms with van der Waals surface area (Å²) in [5.41, 5.74) is 11.7. The Morgan fingerprint density at radius 3 is 2.62 bits per heavy atom. The van der Waals surface area contributed by atoms with E-state index in [0.29, 0.717) is 23.0 Å². The smallest absolute Gasteiger partial charge is 0.253 e. The van der Waals surface area contributed by atoms with Gasteiger partial charge >= 0.3 is 0 Å². The van der Waals surface area contributed by atoms with Crippen LogP contribution in [-0.2, 0) is 4.74 Å². The standard InChI is InChI=1S/C14H21N3O3S/c1-7(2)20-6-5-17-14-9(13(16)19)10(15)12(21-14)11(18)8-3-4-8/h7-8,17H,3-6,15H2,1-2H3,(H2,16,19). The van der Waals surface area contributed by atoms with Crippen LogP contribution >= 0.6 is 11.3 Å². The van der Waals surface area contributed by atoms with E-state index in [4.69, 9.17) is 16.2 Å². The first kappa shape index (κ1) is 15.8. The minimum Gasteiger partial charge on any atom is -0.397 e. The molecule has 5 N–H and O–H groups in total. The molecule has 116 valence electrons. The molecule has 0 aromatic carbocycles. The maximum atomic E-state index is 12.2. The van der Waals surface area contributed by atoms with Gasteiger partial charge in [0.15, 0.2) is 5.78 Å². The number of rotatable bonds is 8. The molecule has 2 rings (SSSR count). The Labute approximate surface area is 127 Å². The van der Waals surface area contributed by atoms with Gasteiger partial charge in [-0.25, -0.2) is 0 Å². The zero-order valence-electron chi connectivity index (χ0n) is 12.3. The van der Waals surface area contributed by atoms with Gasteiger partial charge in [-0.2, -0.15) is 0 Å². The Bertz CT molecular complexity index is 550. The normalized spacial score (nSPS) is 14.4. The average Bonchev–Trinajstić information content (AvgIpc) is 3.18. The van der Waals surface area contributed by atoms with Gasteiger partial charge in [0.25, 0.3) is 5.91 Å². The zero-order valence-corrected chi connectivity index (χ0v) is 13.1. The number of nitrogen functional groups attached to an aromatic ring is 1. The van der Waals surface area contributed by atoms with Crippen LogP contribution in [0.2, 0.25) is 0 Å². The number of amides is 1. The van der Waals surface area contributed by atoms with Crippen LogP contribution in [-0.4, -0.2) is 30.9 Å². The molecule has 1 amide bonds. The monoisotopic (exact) mass is 311 g/mol. The lowest BCUT2D eigenvalue weighted by atomic mass is 10.1. The van der Waals surface area contributed by atoms with Crippen LogP contribution < -0.4 is 16.8 Å². The molecule has 1 aromatic heterocycles. The van der Waals surface area contributed by atoms with Crippen LogP contribution in [0.5, 0.6) is 0 Å². The van der Waals surface area contributed by atoms with E-state index in [1.165, 1.54) is 11.3 Å². The first-order valence-corrected chi connectivity index (χ1v) is 7.85. The number of thiophene rings is 1. The predicted molar refractivity (Wildman–Crippen MR) is 83.9 cm³/mol. The lowest BCUT2D eigenvalue weighted by Crippen LogP contribution is -2.17. The molecular formula is C14H21N3O3S. The summed E-state index contributed by atoms with van der Waals surface area (Å²) >= 11 is 1.21. The first-order valence-electron chi connectivity index (χ1n) is 7.03. The Morgan fingerprint density at radius 2 is 2.10 bits per heavy atom. The predicted octanol–water partition coefficient (Wildman–Crippen LogP) is 1.86. The van der Waals surface area contributed by atoms with Gasteiger partial charge in [0, 0.05) is 12.5 Å². The van der Waals surface area contributed by atoms with Crippen molar-refractivity contribution in [1.82, 2.24) is 0 Å². The number of primary amides is 1. The van der Waals surface area contributed by atoms with E-state index in [1.807, 2.05) is 13.8 Å². The number of nitrogens with one attached hydrogen (secondary N) is 1. The molecule has 6 nitrogen and oxygen atoms in total. The van der Waals surface area contributed by atoms with E-state index >= 15 is 0 Å². The number of Topliss-reactive ketones (excluding diaryl/α,β-unsaturated/α-hetero) is 1. The van der Waals surface area contributed by atoms with Gasteiger partial charge < -0.3 is 21.5 Å². The Balaban J connectivity index is 2.13. The van der Waals surface area contributed by atoms with Gasteiger partial charge in [-0.05, 0) is 26.7 Å². The highest BCUT2D eigenvalue weighted by Crippen LogP contribution is 2.41. The van der Waals surface area contributed by atoms with Crippen LogP contribution in [0.15, 0.2) is 0 Å². The molecule has 0 aliphatic heterocycles. The van der Waals surface area contributed by atoms with Crippen molar-refractivity contribution in [2.45, 2.75) is 32.8 Å². The number of ether oxygens (including phenoxy) is 1. The van der Waals surface area contributed by atoms with Crippen LogP contribution in [0, 0.1) is 5.92 Å². The van der Waals surface area contributed by atoms with Crippen molar-refractivity contribution in [2.24, 2.45) is 11.7 Å². The summed E-state index contributed by atoms with van der Waals surface area (Å²) in [6.45, 7) is 4.92. The maximum Gasteiger partial charge on any atom is 0.253 e. The average molecular weight is 311 g/mol. The van der Waals surface area contributed by atoms with Crippen LogP contribution in [0.1, 0.15) is 46.7 Å². The van der Waals surface area contributed by atoms with Crippen molar-refractivity contribution in [2.75, 3.05) is 24.2 Å². The number of carbonyl (C=O) groups is 2. The Morgan fingerprint density at radius 1 is 1.43 bits per heavy atom. The van der Waals surface area contributed by atoms with Crippen LogP contribution in [0.4, 0.5) is 10.7 Å². The van der Waals surface area contributed by atoms with Gasteiger partial charge in [-0.3, -0.25) is 9.59 Å². The molecule has 1 aliphatic rings. The fraction of sp³-hybridized carbons (Fsp3) is 0.571. The Hall–Kier alpha value is -1.60. The van der Waals surface area contributed by atoms with E-state index in [-0.39, 0.29) is 29.1 Å². The van der Waals surface area contributed by atoms with Crippen molar-refractivity contribution >= 4 is 33.7 Å². The van der Waals surface area contributed by atoms with E-state index in [9.17, 15) is 9.59 Å². The molecule has 1 heterocycles. The molecule has 0 radical (unpaired) electrons. The summed E-state index contributed by atoms with van der Waals surface area (Å²) in [4.78, 5) is 24.2. The van der Waals surface area contributed by atoms with Crippen molar-refractivity contribution in [3.8, 4) is 0 Å². The van der Waals surface area contributed by atoms with Crippen molar-refractivity contribution in [3.05, 3.63) is 10.4 Å². The first-order chi connectivity index (χ1) is 9.91. The van der Waals surface area contributed by atoms with E-state index in [0.717, 1.165) is 12.8 Å². The summed E-state index contributed by atoms with van der Waals surface area (Å²) in [5, 5.41) is 3.64. The van der Waals surface area contributed by atoms with Crippen molar-refractivity contribution in [3.63, 3.8) is 0 Å². The van der Waals surface area contributed by atoms with E-state index in [2.05, 4.69) is 5.32 Å². The highest BCUT2D eigenvalue weighted by atomic mass is 32.1. The summed E-state index contributed by atoms with van der Waals surface area (Å²) in [6, 6.07) is 0. The molecule has 1 aliphatic carbocycles. The molecule has 0 unspecified atom stereocenters. The maximum absolute atomic E-state index is 12.2. The highest BCUT2D eigenvalue weighted by Gasteiger charge is 2.34. The quantitative estimate of drug-likeness (QED) is 0.502. The van der Waals surface area contributed by atoms with Crippen LogP contribution in [0.25, 0.3) is 0 Å². The largest absolute Gasteiger partial charge is 0.397 e. The third-order valence-electron chi connectivity index (χ3n) is 3.20. The molecule has 1 aromatic rings. The lowest BCUT2D eigenvalue weighted by molar-refractivity contribution is 0.0870. The van der Waals surface area contributed by atoms with E-state index < -0.39 is 5.91 Å². The van der Waals surface area contributed by atoms with Gasteiger partial charge in [0.2, 0.25) is 0 Å². The molecule has 0 bridgehead atoms. The molecule has 7 heteroatoms. The summed E-state index contributed by atoms with van der Waals surface area (Å²) in [6.07, 6.45) is 1.93. The number of ketones is 1. The third-order valence-corrected chi connectivity index (χ3v) is 4.38. The second-order valence-corrected chi connectivity index (χ2v) is 6.42. The molecule has 1 saturated carbocycles. The van der Waals surface area contributed by atoms with Gasteiger partial charge in [0.1, 0.15) is 5.00 Å². The second-order valence-electron chi connectivity index (χ2n) is 5.40. The van der Waals surface area contributed by atoms with Crippen molar-refractivity contribution < 1.29 is 14.3 Å². The number of carbonyl (C=O) groups excluding carboxylic acids is 2. The van der Waals surface area contributed by atoms with Gasteiger partial charge in [-0.1, -0.05) is 0 Å². The molecule has 0 saturated heterocycles. The van der Waals surface area contributed by atoms with Crippen LogP contribution in [0.3, 0.4) is 0 Å². The molecular weight excluding hydrogens is 290 g/mol. The number of nitrogens with two attached hydrogens (primary N) is 2. The fourth-order valence-corrected chi connectivity index (χ4v) is 3.16. The van der Waals surface area contributed by atoms with E-state index in [1.54, 1.807) is 0 Å². The fourth-order valence-electron chi connectivity index (χ4n) is 1.99. The molecule has 0 atom stereocenters. The third kappa shape index (κ3) is 3.74. The minimum atomic E-state index is -0.620. The molecule has 0 spiro atoms. The second kappa shape index (κ2) is 6.44. The SMILES string of the molecule is CC(C)OCCNc1sc(C(=O)C2CC2)c(N)c1C(N)=O. The zero-order chi connectivity index (χ0) is 15.6. The highest BCUT2D eigenvalue weighted by molar-refractivity contribution is 7.19. The Kier molecular flexibility index (Phi) is 4.84. The van der Waals surface area contributed by atoms with Gasteiger partial charge in [0.05, 0.1) is 28.8 Å². The number of hydrogen-bond acceptors (Lipinski definition) is 6. The summed E-state index contributed by atoms with van der Waals surface area (Å²) < 4.78 is 5.42. The topological polar surface area (TPSA) is 107 Å². The molecule has 21 heavy (non-hydrogen) atoms. The lowest BCUT2D eigenvalue weighted by Gasteiger charge is -2.09.